The lowest BCUT2D eigenvalue weighted by Gasteiger charge is -2.05. The number of benzene rings is 1. The van der Waals surface area contributed by atoms with E-state index in [1.165, 1.54) is 12.3 Å². The monoisotopic (exact) mass is 402 g/mol. The van der Waals surface area contributed by atoms with Crippen molar-refractivity contribution in [2.24, 2.45) is 0 Å². The number of carbonyl (C=O) groups is 2. The molecule has 9 heteroatoms. The van der Waals surface area contributed by atoms with Crippen molar-refractivity contribution >= 4 is 34.5 Å². The number of phenols is 1. The number of amides is 1. The molecule has 0 spiro atoms. The topological polar surface area (TPSA) is 117 Å². The van der Waals surface area contributed by atoms with Crippen molar-refractivity contribution in [1.82, 2.24) is 20.3 Å². The zero-order valence-corrected chi connectivity index (χ0v) is 12.8. The number of carboxylic acids is 1. The predicted molar refractivity (Wildman–Crippen MR) is 79.7 cm³/mol. The van der Waals surface area contributed by atoms with Gasteiger partial charge in [0.05, 0.1) is 18.3 Å². The van der Waals surface area contributed by atoms with Crippen molar-refractivity contribution in [2.75, 3.05) is 0 Å². The van der Waals surface area contributed by atoms with Gasteiger partial charge in [0.2, 0.25) is 0 Å². The molecule has 0 fully saturated rings. The molecule has 0 saturated carbocycles. The summed E-state index contributed by atoms with van der Waals surface area (Å²) >= 11 is 2.04. The molecular weight excluding hydrogens is 391 g/mol. The number of aliphatic carboxylic acids is 1. The van der Waals surface area contributed by atoms with Crippen molar-refractivity contribution in [2.45, 2.75) is 13.1 Å². The number of hydrogen-bond acceptors (Lipinski definition) is 5. The highest BCUT2D eigenvalue weighted by atomic mass is 127. The normalized spacial score (nSPS) is 10.3. The fraction of sp³-hybridized carbons (Fsp3) is 0.167. The molecule has 1 aromatic heterocycles. The maximum atomic E-state index is 12.0. The number of carbonyl (C=O) groups excluding carboxylic acids is 1. The zero-order chi connectivity index (χ0) is 15.4. The van der Waals surface area contributed by atoms with Crippen molar-refractivity contribution < 1.29 is 19.8 Å². The maximum absolute atomic E-state index is 12.0. The Morgan fingerprint density at radius 2 is 2.14 bits per heavy atom. The summed E-state index contributed by atoms with van der Waals surface area (Å²) in [5.74, 6) is -1.58. The molecule has 0 aliphatic rings. The second-order valence-electron chi connectivity index (χ2n) is 4.15. The third kappa shape index (κ3) is 4.15. The Bertz CT molecular complexity index is 686. The van der Waals surface area contributed by atoms with Crippen LogP contribution in [-0.2, 0) is 17.9 Å². The number of phenolic OH excluding ortho intramolecular Hbond substituents is 1. The van der Waals surface area contributed by atoms with Gasteiger partial charge in [0.1, 0.15) is 18.0 Å². The van der Waals surface area contributed by atoms with E-state index in [0.717, 1.165) is 8.25 Å². The van der Waals surface area contributed by atoms with Crippen LogP contribution in [-0.4, -0.2) is 37.1 Å². The molecule has 1 aromatic carbocycles. The average molecular weight is 402 g/mol. The minimum absolute atomic E-state index is 0.0867. The number of aromatic hydroxyl groups is 1. The van der Waals surface area contributed by atoms with Crippen LogP contribution in [0.3, 0.4) is 0 Å². The van der Waals surface area contributed by atoms with E-state index >= 15 is 0 Å². The maximum Gasteiger partial charge on any atom is 0.325 e. The number of aromatic nitrogens is 3. The molecule has 1 heterocycles. The lowest BCUT2D eigenvalue weighted by Crippen LogP contribution is -2.23. The van der Waals surface area contributed by atoms with Gasteiger partial charge in [-0.25, -0.2) is 4.68 Å². The van der Waals surface area contributed by atoms with Gasteiger partial charge in [-0.2, -0.15) is 0 Å². The third-order valence-corrected chi connectivity index (χ3v) is 3.19. The molecule has 0 aliphatic carbocycles. The number of rotatable bonds is 5. The Hall–Kier alpha value is -2.17. The van der Waals surface area contributed by atoms with Gasteiger partial charge in [-0.3, -0.25) is 9.59 Å². The molecule has 0 unspecified atom stereocenters. The molecule has 0 bridgehead atoms. The van der Waals surface area contributed by atoms with Crippen LogP contribution in [0.5, 0.6) is 5.75 Å². The van der Waals surface area contributed by atoms with Gasteiger partial charge in [0.15, 0.2) is 0 Å². The fourth-order valence-electron chi connectivity index (χ4n) is 1.59. The highest BCUT2D eigenvalue weighted by Gasteiger charge is 2.12. The van der Waals surface area contributed by atoms with Crippen LogP contribution in [0.15, 0.2) is 24.4 Å². The largest absolute Gasteiger partial charge is 0.507 e. The standard InChI is InChI=1S/C12H11IN4O4/c13-7-1-2-10(18)9(3-7)12(21)14-4-8-5-17(16-15-8)6-11(19)20/h1-3,5,18H,4,6H2,(H,14,21)(H,19,20). The van der Waals surface area contributed by atoms with Crippen LogP contribution in [0.1, 0.15) is 16.1 Å². The first-order chi connectivity index (χ1) is 9.95. The summed E-state index contributed by atoms with van der Waals surface area (Å²) in [5.41, 5.74) is 0.592. The van der Waals surface area contributed by atoms with Crippen molar-refractivity contribution in [3.05, 3.63) is 39.2 Å². The van der Waals surface area contributed by atoms with Crippen LogP contribution < -0.4 is 5.32 Å². The summed E-state index contributed by atoms with van der Waals surface area (Å²) in [5, 5.41) is 28.2. The van der Waals surface area contributed by atoms with E-state index in [0.29, 0.717) is 5.69 Å². The molecule has 1 amide bonds. The lowest BCUT2D eigenvalue weighted by molar-refractivity contribution is -0.137. The van der Waals surface area contributed by atoms with Crippen LogP contribution in [0.2, 0.25) is 0 Å². The van der Waals surface area contributed by atoms with Gasteiger partial charge in [-0.15, -0.1) is 5.10 Å². The molecule has 8 nitrogen and oxygen atoms in total. The van der Waals surface area contributed by atoms with E-state index in [-0.39, 0.29) is 24.4 Å². The average Bonchev–Trinajstić information content (AvgIpc) is 2.85. The third-order valence-electron chi connectivity index (χ3n) is 2.52. The Kier molecular flexibility index (Phi) is 4.73. The molecule has 110 valence electrons. The Morgan fingerprint density at radius 1 is 1.38 bits per heavy atom. The first-order valence-electron chi connectivity index (χ1n) is 5.83. The Balaban J connectivity index is 1.99. The molecule has 0 saturated heterocycles. The van der Waals surface area contributed by atoms with Gasteiger partial charge in [-0.05, 0) is 40.8 Å². The highest BCUT2D eigenvalue weighted by Crippen LogP contribution is 2.19. The van der Waals surface area contributed by atoms with Crippen LogP contribution in [0, 0.1) is 3.57 Å². The summed E-state index contributed by atoms with van der Waals surface area (Å²) < 4.78 is 1.98. The summed E-state index contributed by atoms with van der Waals surface area (Å²) in [6, 6.07) is 4.69. The van der Waals surface area contributed by atoms with Crippen molar-refractivity contribution in [1.29, 1.82) is 0 Å². The quantitative estimate of drug-likeness (QED) is 0.631. The number of carboxylic acid groups (broad SMARTS) is 1. The van der Waals surface area contributed by atoms with Crippen LogP contribution >= 0.6 is 22.6 Å². The molecule has 2 aromatic rings. The highest BCUT2D eigenvalue weighted by molar-refractivity contribution is 14.1. The Labute approximate surface area is 132 Å². The second-order valence-corrected chi connectivity index (χ2v) is 5.39. The predicted octanol–water partition coefficient (Wildman–Crippen LogP) is 0.603. The van der Waals surface area contributed by atoms with Gasteiger partial charge < -0.3 is 15.5 Å². The molecule has 0 radical (unpaired) electrons. The molecule has 3 N–H and O–H groups in total. The summed E-state index contributed by atoms with van der Waals surface area (Å²) in [4.78, 5) is 22.5. The first-order valence-corrected chi connectivity index (χ1v) is 6.91. The number of halogens is 1. The smallest absolute Gasteiger partial charge is 0.325 e. The summed E-state index contributed by atoms with van der Waals surface area (Å²) in [7, 11) is 0. The molecule has 0 atom stereocenters. The fourth-order valence-corrected chi connectivity index (χ4v) is 2.08. The minimum atomic E-state index is -1.03. The van der Waals surface area contributed by atoms with E-state index in [9.17, 15) is 14.7 Å². The second kappa shape index (κ2) is 6.52. The molecule has 0 aliphatic heterocycles. The van der Waals surface area contributed by atoms with E-state index < -0.39 is 11.9 Å². The van der Waals surface area contributed by atoms with Crippen molar-refractivity contribution in [3.63, 3.8) is 0 Å². The van der Waals surface area contributed by atoms with Crippen molar-refractivity contribution in [3.8, 4) is 5.75 Å². The van der Waals surface area contributed by atoms with Gasteiger partial charge in [-0.1, -0.05) is 5.21 Å². The van der Waals surface area contributed by atoms with Gasteiger partial charge in [0, 0.05) is 3.57 Å². The van der Waals surface area contributed by atoms with E-state index in [2.05, 4.69) is 15.6 Å². The molecule has 2 rings (SSSR count). The molecule has 21 heavy (non-hydrogen) atoms. The summed E-state index contributed by atoms with van der Waals surface area (Å²) in [6.45, 7) is -0.206. The van der Waals surface area contributed by atoms with Crippen LogP contribution in [0.25, 0.3) is 0 Å². The van der Waals surface area contributed by atoms with E-state index in [4.69, 9.17) is 5.11 Å². The van der Waals surface area contributed by atoms with E-state index in [1.54, 1.807) is 12.1 Å². The van der Waals surface area contributed by atoms with Gasteiger partial charge >= 0.3 is 5.97 Å². The lowest BCUT2D eigenvalue weighted by atomic mass is 10.2. The van der Waals surface area contributed by atoms with Gasteiger partial charge in [0.25, 0.3) is 5.91 Å². The Morgan fingerprint density at radius 3 is 2.86 bits per heavy atom. The zero-order valence-electron chi connectivity index (χ0n) is 10.7. The SMILES string of the molecule is O=C(O)Cn1cc(CNC(=O)c2cc(I)ccc2O)nn1. The summed E-state index contributed by atoms with van der Waals surface area (Å²) in [6.07, 6.45) is 1.43. The minimum Gasteiger partial charge on any atom is -0.507 e. The van der Waals surface area contributed by atoms with E-state index in [1.807, 2.05) is 22.6 Å². The number of nitrogens with one attached hydrogen (secondary N) is 1. The van der Waals surface area contributed by atoms with Crippen LogP contribution in [0.4, 0.5) is 0 Å². The number of nitrogens with zero attached hydrogens (tertiary/aromatic N) is 3. The first kappa shape index (κ1) is 15.2. The molecular formula is C12H11IN4O4. The number of hydrogen-bond donors (Lipinski definition) is 3.